The van der Waals surface area contributed by atoms with E-state index in [0.717, 1.165) is 12.1 Å². The minimum atomic E-state index is -0.607. The molecule has 25 heavy (non-hydrogen) atoms. The first kappa shape index (κ1) is 16.0. The summed E-state index contributed by atoms with van der Waals surface area (Å²) < 4.78 is 38.2. The van der Waals surface area contributed by atoms with Gasteiger partial charge in [-0.05, 0) is 36.8 Å². The van der Waals surface area contributed by atoms with E-state index in [-0.39, 0.29) is 5.56 Å². The second kappa shape index (κ2) is 6.42. The van der Waals surface area contributed by atoms with E-state index in [1.807, 2.05) is 4.90 Å². The van der Waals surface area contributed by atoms with Crippen molar-refractivity contribution in [1.29, 1.82) is 0 Å². The van der Waals surface area contributed by atoms with Crippen molar-refractivity contribution >= 4 is 0 Å². The van der Waals surface area contributed by atoms with Gasteiger partial charge in [-0.2, -0.15) is 0 Å². The van der Waals surface area contributed by atoms with Gasteiger partial charge in [-0.15, -0.1) is 0 Å². The molecule has 0 aliphatic carbocycles. The molecule has 1 aromatic carbocycles. The highest BCUT2D eigenvalue weighted by Crippen LogP contribution is 2.35. The number of likely N-dealkylation sites (tertiary alicyclic amines) is 1. The molecule has 7 heteroatoms. The van der Waals surface area contributed by atoms with E-state index in [4.69, 9.17) is 8.94 Å². The Bertz CT molecular complexity index is 863. The molecule has 1 N–H and O–H groups in total. The number of benzene rings is 1. The third-order valence-corrected chi connectivity index (χ3v) is 4.39. The molecule has 1 saturated heterocycles. The summed E-state index contributed by atoms with van der Waals surface area (Å²) in [5.41, 5.74) is 0.869. The van der Waals surface area contributed by atoms with Crippen LogP contribution >= 0.6 is 0 Å². The Kier molecular flexibility index (Phi) is 4.10. The van der Waals surface area contributed by atoms with E-state index in [1.54, 1.807) is 18.2 Å². The molecule has 0 bridgehead atoms. The Labute approximate surface area is 142 Å². The largest absolute Gasteiger partial charge is 0.461 e. The van der Waals surface area contributed by atoms with Gasteiger partial charge in [-0.25, -0.2) is 8.78 Å². The molecule has 0 unspecified atom stereocenters. The molecule has 0 amide bonds. The molecule has 1 aliphatic rings. The molecular weight excluding hydrogens is 330 g/mol. The lowest BCUT2D eigenvalue weighted by molar-refractivity contribution is 0.171. The summed E-state index contributed by atoms with van der Waals surface area (Å²) in [7, 11) is 0. The van der Waals surface area contributed by atoms with Crippen molar-refractivity contribution in [1.82, 2.24) is 10.1 Å². The van der Waals surface area contributed by atoms with Crippen LogP contribution in [0.3, 0.4) is 0 Å². The minimum Gasteiger partial charge on any atom is -0.461 e. The van der Waals surface area contributed by atoms with Crippen LogP contribution in [-0.4, -0.2) is 27.8 Å². The maximum absolute atomic E-state index is 14.1. The summed E-state index contributed by atoms with van der Waals surface area (Å²) in [6.07, 6.45) is 1.27. The number of aromatic nitrogens is 1. The number of furan rings is 1. The Morgan fingerprint density at radius 1 is 1.20 bits per heavy atom. The maximum Gasteiger partial charge on any atom is 0.202 e. The van der Waals surface area contributed by atoms with Gasteiger partial charge < -0.3 is 14.0 Å². The van der Waals surface area contributed by atoms with Crippen molar-refractivity contribution in [3.63, 3.8) is 0 Å². The quantitative estimate of drug-likeness (QED) is 0.783. The molecule has 1 fully saturated rings. The summed E-state index contributed by atoms with van der Waals surface area (Å²) in [5, 5.41) is 14.0. The van der Waals surface area contributed by atoms with Crippen LogP contribution in [0.5, 0.6) is 0 Å². The Morgan fingerprint density at radius 3 is 2.88 bits per heavy atom. The molecule has 4 rings (SSSR count). The number of β-amino-alcohol motifs (C(OH)–C–C–N with tert-alkyl or cyclic N) is 1. The van der Waals surface area contributed by atoms with Crippen LogP contribution in [0, 0.1) is 11.6 Å². The van der Waals surface area contributed by atoms with Gasteiger partial charge >= 0.3 is 0 Å². The normalized spacial score (nSPS) is 21.1. The Hall–Kier alpha value is -2.51. The number of aliphatic hydroxyl groups excluding tert-OH is 1. The van der Waals surface area contributed by atoms with Crippen LogP contribution in [-0.2, 0) is 6.54 Å². The molecule has 130 valence electrons. The highest BCUT2D eigenvalue weighted by molar-refractivity contribution is 5.49. The van der Waals surface area contributed by atoms with E-state index >= 15 is 0 Å². The fraction of sp³-hybridized carbons (Fsp3) is 0.278. The van der Waals surface area contributed by atoms with Crippen molar-refractivity contribution < 1.29 is 22.8 Å². The predicted molar refractivity (Wildman–Crippen MR) is 84.3 cm³/mol. The van der Waals surface area contributed by atoms with Gasteiger partial charge in [-0.1, -0.05) is 5.16 Å². The van der Waals surface area contributed by atoms with E-state index in [2.05, 4.69) is 5.16 Å². The second-order valence-corrected chi connectivity index (χ2v) is 6.16. The highest BCUT2D eigenvalue weighted by atomic mass is 19.1. The first-order chi connectivity index (χ1) is 12.1. The summed E-state index contributed by atoms with van der Waals surface area (Å²) in [6.45, 7) is 0.700. The fourth-order valence-electron chi connectivity index (χ4n) is 3.28. The number of nitrogens with zero attached hydrogens (tertiary/aromatic N) is 2. The third-order valence-electron chi connectivity index (χ3n) is 4.39. The number of hydrogen-bond acceptors (Lipinski definition) is 5. The molecule has 0 spiro atoms. The summed E-state index contributed by atoms with van der Waals surface area (Å²) >= 11 is 0. The van der Waals surface area contributed by atoms with E-state index in [9.17, 15) is 13.9 Å². The van der Waals surface area contributed by atoms with Gasteiger partial charge in [-0.3, -0.25) is 4.90 Å². The van der Waals surface area contributed by atoms with Crippen molar-refractivity contribution in [2.45, 2.75) is 25.1 Å². The minimum absolute atomic E-state index is 0.242. The van der Waals surface area contributed by atoms with Crippen LogP contribution in [0.15, 0.2) is 51.6 Å². The first-order valence-corrected chi connectivity index (χ1v) is 7.96. The monoisotopic (exact) mass is 346 g/mol. The Balaban J connectivity index is 1.57. The zero-order valence-electron chi connectivity index (χ0n) is 13.2. The van der Waals surface area contributed by atoms with Gasteiger partial charge in [0.25, 0.3) is 0 Å². The molecule has 0 radical (unpaired) electrons. The smallest absolute Gasteiger partial charge is 0.202 e. The topological polar surface area (TPSA) is 62.6 Å². The van der Waals surface area contributed by atoms with Crippen LogP contribution in [0.4, 0.5) is 8.78 Å². The molecule has 1 aliphatic heterocycles. The summed E-state index contributed by atoms with van der Waals surface area (Å²) in [5.74, 6) is 0.0716. The molecule has 3 aromatic rings. The Morgan fingerprint density at radius 2 is 2.08 bits per heavy atom. The van der Waals surface area contributed by atoms with Crippen molar-refractivity contribution in [3.8, 4) is 11.5 Å². The van der Waals surface area contributed by atoms with Gasteiger partial charge in [0.1, 0.15) is 11.6 Å². The standard InChI is InChI=1S/C18H16F2N2O3/c19-11-3-4-15(20)14(6-11)16-8-13(23)10-22(16)9-12-7-18(25-21-12)17-2-1-5-24-17/h1-7,13,16,23H,8-10H2/t13-,16+/m1/s1. The molecule has 2 atom stereocenters. The van der Waals surface area contributed by atoms with Crippen LogP contribution in [0.25, 0.3) is 11.5 Å². The molecular formula is C18H16F2N2O3. The van der Waals surface area contributed by atoms with Crippen LogP contribution in [0.2, 0.25) is 0 Å². The number of halogens is 2. The lowest BCUT2D eigenvalue weighted by atomic mass is 10.0. The van der Waals surface area contributed by atoms with Crippen molar-refractivity contribution in [3.05, 3.63) is 65.6 Å². The van der Waals surface area contributed by atoms with Gasteiger partial charge in [0.15, 0.2) is 5.76 Å². The maximum atomic E-state index is 14.1. The van der Waals surface area contributed by atoms with Gasteiger partial charge in [0.05, 0.1) is 18.1 Å². The number of aliphatic hydroxyl groups is 1. The number of hydrogen-bond donors (Lipinski definition) is 1. The lowest BCUT2D eigenvalue weighted by Gasteiger charge is -2.23. The molecule has 3 heterocycles. The van der Waals surface area contributed by atoms with Crippen molar-refractivity contribution in [2.24, 2.45) is 0 Å². The SMILES string of the molecule is O[C@@H]1C[C@@H](c2cc(F)ccc2F)N(Cc2cc(-c3ccco3)on2)C1. The van der Waals surface area contributed by atoms with Crippen molar-refractivity contribution in [2.75, 3.05) is 6.54 Å². The zero-order chi connectivity index (χ0) is 17.4. The number of rotatable bonds is 4. The zero-order valence-corrected chi connectivity index (χ0v) is 13.2. The third kappa shape index (κ3) is 3.20. The molecule has 2 aromatic heterocycles. The van der Waals surface area contributed by atoms with E-state index in [0.29, 0.717) is 36.7 Å². The highest BCUT2D eigenvalue weighted by Gasteiger charge is 2.34. The first-order valence-electron chi connectivity index (χ1n) is 7.96. The van der Waals surface area contributed by atoms with Crippen LogP contribution in [0.1, 0.15) is 23.7 Å². The lowest BCUT2D eigenvalue weighted by Crippen LogP contribution is -2.25. The summed E-state index contributed by atoms with van der Waals surface area (Å²) in [6, 6.07) is 8.20. The van der Waals surface area contributed by atoms with E-state index < -0.39 is 23.8 Å². The fourth-order valence-corrected chi connectivity index (χ4v) is 3.28. The average molecular weight is 346 g/mol. The van der Waals surface area contributed by atoms with Gasteiger partial charge in [0, 0.05) is 30.8 Å². The van der Waals surface area contributed by atoms with E-state index in [1.165, 1.54) is 12.3 Å². The molecule has 5 nitrogen and oxygen atoms in total. The summed E-state index contributed by atoms with van der Waals surface area (Å²) in [4.78, 5) is 1.87. The molecule has 0 saturated carbocycles. The second-order valence-electron chi connectivity index (χ2n) is 6.16. The average Bonchev–Trinajstić information content (AvgIpc) is 3.30. The van der Waals surface area contributed by atoms with Crippen LogP contribution < -0.4 is 0 Å². The predicted octanol–water partition coefficient (Wildman–Crippen LogP) is 3.52. The van der Waals surface area contributed by atoms with Gasteiger partial charge in [0.2, 0.25) is 5.76 Å².